The molecule has 18 heavy (non-hydrogen) atoms. The van der Waals surface area contributed by atoms with Gasteiger partial charge in [0, 0.05) is 18.0 Å². The summed E-state index contributed by atoms with van der Waals surface area (Å²) in [5.74, 6) is 0.684. The van der Waals surface area contributed by atoms with Crippen molar-refractivity contribution in [3.63, 3.8) is 0 Å². The van der Waals surface area contributed by atoms with Gasteiger partial charge in [-0.25, -0.2) is 15.0 Å². The first-order valence-electron chi connectivity index (χ1n) is 5.03. The van der Waals surface area contributed by atoms with Crippen LogP contribution in [0.1, 0.15) is 17.1 Å². The summed E-state index contributed by atoms with van der Waals surface area (Å²) in [6.07, 6.45) is 1.52. The van der Waals surface area contributed by atoms with Gasteiger partial charge in [0.2, 0.25) is 0 Å². The molecule has 0 spiro atoms. The number of hydrogen-bond acceptors (Lipinski definition) is 7. The Bertz CT molecular complexity index is 576. The van der Waals surface area contributed by atoms with Crippen LogP contribution in [0.15, 0.2) is 32.2 Å². The summed E-state index contributed by atoms with van der Waals surface area (Å²) in [6.45, 7) is 3.69. The SMILES string of the molecule is Cc1nc(Sc2nccc(/C(N)=N/O)n2)oc1C. The molecule has 0 bridgehead atoms. The number of hydrogen-bond donors (Lipinski definition) is 2. The fourth-order valence-electron chi connectivity index (χ4n) is 1.15. The Morgan fingerprint density at radius 2 is 2.22 bits per heavy atom. The summed E-state index contributed by atoms with van der Waals surface area (Å²) < 4.78 is 5.41. The molecule has 0 aliphatic heterocycles. The highest BCUT2D eigenvalue weighted by atomic mass is 32.2. The van der Waals surface area contributed by atoms with Crippen molar-refractivity contribution >= 4 is 17.6 Å². The van der Waals surface area contributed by atoms with E-state index in [1.54, 1.807) is 6.07 Å². The van der Waals surface area contributed by atoms with Crippen LogP contribution in [0.3, 0.4) is 0 Å². The Morgan fingerprint density at radius 3 is 2.83 bits per heavy atom. The number of nitrogens with zero attached hydrogens (tertiary/aromatic N) is 4. The Labute approximate surface area is 107 Å². The van der Waals surface area contributed by atoms with Gasteiger partial charge in [-0.15, -0.1) is 0 Å². The molecule has 0 amide bonds. The molecule has 0 saturated carbocycles. The summed E-state index contributed by atoms with van der Waals surface area (Å²) in [4.78, 5) is 12.4. The molecule has 8 heteroatoms. The molecular formula is C10H11N5O2S. The quantitative estimate of drug-likeness (QED) is 0.283. The van der Waals surface area contributed by atoms with Crippen molar-refractivity contribution in [1.82, 2.24) is 15.0 Å². The molecule has 0 saturated heterocycles. The predicted octanol–water partition coefficient (Wildman–Crippen LogP) is 1.33. The van der Waals surface area contributed by atoms with E-state index in [1.807, 2.05) is 13.8 Å². The minimum absolute atomic E-state index is 0.0704. The van der Waals surface area contributed by atoms with Gasteiger partial charge >= 0.3 is 0 Å². The molecule has 0 fully saturated rings. The third-order valence-corrected chi connectivity index (χ3v) is 2.92. The van der Waals surface area contributed by atoms with Crippen LogP contribution in [0.25, 0.3) is 0 Å². The van der Waals surface area contributed by atoms with Gasteiger partial charge in [-0.3, -0.25) is 0 Å². The fraction of sp³-hybridized carbons (Fsp3) is 0.200. The van der Waals surface area contributed by atoms with Gasteiger partial charge in [0.25, 0.3) is 5.22 Å². The van der Waals surface area contributed by atoms with Crippen LogP contribution in [0.5, 0.6) is 0 Å². The molecule has 2 rings (SSSR count). The molecule has 2 aromatic rings. The highest BCUT2D eigenvalue weighted by molar-refractivity contribution is 7.98. The third kappa shape index (κ3) is 2.59. The van der Waals surface area contributed by atoms with E-state index in [2.05, 4.69) is 20.1 Å². The molecule has 94 valence electrons. The van der Waals surface area contributed by atoms with Crippen molar-refractivity contribution < 1.29 is 9.62 Å². The zero-order valence-corrected chi connectivity index (χ0v) is 10.6. The second-order valence-electron chi connectivity index (χ2n) is 3.43. The molecule has 2 aromatic heterocycles. The first-order valence-corrected chi connectivity index (χ1v) is 5.84. The smallest absolute Gasteiger partial charge is 0.264 e. The molecule has 7 nitrogen and oxygen atoms in total. The van der Waals surface area contributed by atoms with Crippen molar-refractivity contribution in [2.24, 2.45) is 10.9 Å². The van der Waals surface area contributed by atoms with Crippen molar-refractivity contribution in [3.8, 4) is 0 Å². The summed E-state index contributed by atoms with van der Waals surface area (Å²) >= 11 is 1.17. The van der Waals surface area contributed by atoms with E-state index in [4.69, 9.17) is 15.4 Å². The van der Waals surface area contributed by atoms with Gasteiger partial charge in [0.1, 0.15) is 11.5 Å². The lowest BCUT2D eigenvalue weighted by Crippen LogP contribution is -2.15. The molecule has 2 heterocycles. The van der Waals surface area contributed by atoms with Gasteiger partial charge in [0.15, 0.2) is 11.0 Å². The Hall–Kier alpha value is -2.09. The van der Waals surface area contributed by atoms with E-state index >= 15 is 0 Å². The lowest BCUT2D eigenvalue weighted by molar-refractivity contribution is 0.318. The van der Waals surface area contributed by atoms with E-state index in [9.17, 15) is 0 Å². The summed E-state index contributed by atoms with van der Waals surface area (Å²) in [5.41, 5.74) is 6.61. The van der Waals surface area contributed by atoms with Crippen molar-refractivity contribution in [1.29, 1.82) is 0 Å². The van der Waals surface area contributed by atoms with E-state index in [0.717, 1.165) is 11.5 Å². The number of aryl methyl sites for hydroxylation is 2. The summed E-state index contributed by atoms with van der Waals surface area (Å²) in [6, 6.07) is 1.55. The Morgan fingerprint density at radius 1 is 1.44 bits per heavy atom. The molecule has 0 aliphatic rings. The first kappa shape index (κ1) is 12.4. The Balaban J connectivity index is 2.24. The maximum absolute atomic E-state index is 8.57. The largest absolute Gasteiger partial charge is 0.436 e. The van der Waals surface area contributed by atoms with Gasteiger partial charge in [-0.05, 0) is 19.9 Å². The van der Waals surface area contributed by atoms with Crippen molar-refractivity contribution in [2.45, 2.75) is 24.2 Å². The lowest BCUT2D eigenvalue weighted by Gasteiger charge is -1.99. The molecule has 0 aromatic carbocycles. The molecule has 0 unspecified atom stereocenters. The topological polar surface area (TPSA) is 110 Å². The van der Waals surface area contributed by atoms with Crippen LogP contribution >= 0.6 is 11.8 Å². The van der Waals surface area contributed by atoms with Gasteiger partial charge in [-0.2, -0.15) is 0 Å². The molecule has 3 N–H and O–H groups in total. The number of oxime groups is 1. The number of oxazole rings is 1. The van der Waals surface area contributed by atoms with Crippen LogP contribution < -0.4 is 5.73 Å². The molecule has 0 aliphatic carbocycles. The summed E-state index contributed by atoms with van der Waals surface area (Å²) in [5, 5.41) is 12.3. The number of nitrogens with two attached hydrogens (primary N) is 1. The summed E-state index contributed by atoms with van der Waals surface area (Å²) in [7, 11) is 0. The zero-order valence-electron chi connectivity index (χ0n) is 9.78. The van der Waals surface area contributed by atoms with Crippen LogP contribution in [0.4, 0.5) is 0 Å². The maximum atomic E-state index is 8.57. The highest BCUT2D eigenvalue weighted by Crippen LogP contribution is 2.25. The van der Waals surface area contributed by atoms with Crippen LogP contribution in [-0.4, -0.2) is 26.0 Å². The fourth-order valence-corrected chi connectivity index (χ4v) is 1.91. The predicted molar refractivity (Wildman–Crippen MR) is 64.6 cm³/mol. The number of amidine groups is 1. The average molecular weight is 265 g/mol. The zero-order chi connectivity index (χ0) is 13.1. The lowest BCUT2D eigenvalue weighted by atomic mass is 10.4. The van der Waals surface area contributed by atoms with E-state index in [1.165, 1.54) is 18.0 Å². The van der Waals surface area contributed by atoms with E-state index in [-0.39, 0.29) is 5.84 Å². The monoisotopic (exact) mass is 265 g/mol. The van der Waals surface area contributed by atoms with Gasteiger partial charge in [-0.1, -0.05) is 5.16 Å². The number of aromatic nitrogens is 3. The molecular weight excluding hydrogens is 254 g/mol. The average Bonchev–Trinajstić information content (AvgIpc) is 2.67. The number of rotatable bonds is 3. The molecule has 0 radical (unpaired) electrons. The van der Waals surface area contributed by atoms with E-state index < -0.39 is 0 Å². The van der Waals surface area contributed by atoms with E-state index in [0.29, 0.717) is 16.1 Å². The maximum Gasteiger partial charge on any atom is 0.264 e. The standard InChI is InChI=1S/C10H11N5O2S/c1-5-6(2)17-10(13-5)18-9-12-4-3-7(14-9)8(11)15-16/h3-4,16H,1-2H3,(H2,11,15). The van der Waals surface area contributed by atoms with Crippen LogP contribution in [0.2, 0.25) is 0 Å². The van der Waals surface area contributed by atoms with Crippen LogP contribution in [-0.2, 0) is 0 Å². The van der Waals surface area contributed by atoms with Gasteiger partial charge in [0.05, 0.1) is 5.69 Å². The second kappa shape index (κ2) is 5.05. The minimum atomic E-state index is -0.0704. The molecule has 0 atom stereocenters. The minimum Gasteiger partial charge on any atom is -0.436 e. The van der Waals surface area contributed by atoms with Gasteiger partial charge < -0.3 is 15.4 Å². The third-order valence-electron chi connectivity index (χ3n) is 2.19. The first-order chi connectivity index (χ1) is 8.60. The second-order valence-corrected chi connectivity index (χ2v) is 4.35. The normalized spacial score (nSPS) is 11.8. The van der Waals surface area contributed by atoms with Crippen LogP contribution in [0, 0.1) is 13.8 Å². The Kier molecular flexibility index (Phi) is 3.47. The van der Waals surface area contributed by atoms with Crippen molar-refractivity contribution in [2.75, 3.05) is 0 Å². The highest BCUT2D eigenvalue weighted by Gasteiger charge is 2.10. The van der Waals surface area contributed by atoms with Crippen molar-refractivity contribution in [3.05, 3.63) is 29.4 Å².